The molecule has 0 aliphatic rings. The zero-order chi connectivity index (χ0) is 20.8. The van der Waals surface area contributed by atoms with Gasteiger partial charge in [-0.15, -0.1) is 0 Å². The Balaban J connectivity index is 2.29. The van der Waals surface area contributed by atoms with Crippen LogP contribution in [0, 0.1) is 0 Å². The molecule has 0 fully saturated rings. The number of hydrogen-bond donors (Lipinski definition) is 4. The summed E-state index contributed by atoms with van der Waals surface area (Å²) in [5.41, 5.74) is 6.91. The minimum Gasteiger partial charge on any atom is -0.385 e. The van der Waals surface area contributed by atoms with Crippen molar-refractivity contribution in [2.45, 2.75) is 45.6 Å². The van der Waals surface area contributed by atoms with E-state index in [0.29, 0.717) is 38.0 Å². The Kier molecular flexibility index (Phi) is 11.3. The van der Waals surface area contributed by atoms with Crippen molar-refractivity contribution in [2.24, 2.45) is 5.73 Å². The van der Waals surface area contributed by atoms with Gasteiger partial charge in [0.25, 0.3) is 5.91 Å². The van der Waals surface area contributed by atoms with Gasteiger partial charge in [-0.05, 0) is 56.9 Å². The summed E-state index contributed by atoms with van der Waals surface area (Å²) >= 11 is 0. The first kappa shape index (κ1) is 23.4. The topological polar surface area (TPSA) is 123 Å². The van der Waals surface area contributed by atoms with Gasteiger partial charge in [-0.1, -0.05) is 6.92 Å². The third-order valence-corrected chi connectivity index (χ3v) is 4.05. The Morgan fingerprint density at radius 1 is 1.07 bits per heavy atom. The lowest BCUT2D eigenvalue weighted by atomic mass is 10.1. The fourth-order valence-electron chi connectivity index (χ4n) is 2.50. The van der Waals surface area contributed by atoms with Gasteiger partial charge in [0.1, 0.15) is 12.6 Å². The highest BCUT2D eigenvalue weighted by Crippen LogP contribution is 2.09. The van der Waals surface area contributed by atoms with Crippen molar-refractivity contribution in [1.82, 2.24) is 10.6 Å². The molecule has 0 saturated heterocycles. The number of nitrogens with two attached hydrogens (primary N) is 1. The Morgan fingerprint density at radius 3 is 2.39 bits per heavy atom. The molecule has 1 rings (SSSR count). The fourth-order valence-corrected chi connectivity index (χ4v) is 2.50. The maximum atomic E-state index is 12.1. The highest BCUT2D eigenvalue weighted by molar-refractivity contribution is 5.94. The van der Waals surface area contributed by atoms with Crippen LogP contribution in [0.3, 0.4) is 0 Å². The molecule has 8 heteroatoms. The number of unbranched alkanes of at least 4 members (excludes halogenated alkanes) is 1. The molecule has 28 heavy (non-hydrogen) atoms. The molecular formula is C20H32N4O4. The second kappa shape index (κ2) is 13.5. The number of primary amides is 1. The maximum absolute atomic E-state index is 12.1. The second-order valence-corrected chi connectivity index (χ2v) is 6.42. The van der Waals surface area contributed by atoms with Crippen LogP contribution in [0.1, 0.15) is 49.9 Å². The summed E-state index contributed by atoms with van der Waals surface area (Å²) < 4.78 is 5.00. The van der Waals surface area contributed by atoms with Gasteiger partial charge in [-0.2, -0.15) is 0 Å². The van der Waals surface area contributed by atoms with E-state index in [0.717, 1.165) is 18.7 Å². The number of carbonyl (C=O) groups excluding carboxylic acids is 3. The van der Waals surface area contributed by atoms with E-state index >= 15 is 0 Å². The molecule has 0 aliphatic carbocycles. The minimum absolute atomic E-state index is 0.0942. The van der Waals surface area contributed by atoms with Crippen LogP contribution in [0.25, 0.3) is 0 Å². The number of hydrogen-bond acceptors (Lipinski definition) is 5. The summed E-state index contributed by atoms with van der Waals surface area (Å²) in [6, 6.07) is 6.60. The molecule has 156 valence electrons. The Labute approximate surface area is 166 Å². The van der Waals surface area contributed by atoms with Crippen LogP contribution in [-0.2, 0) is 14.3 Å². The first-order valence-electron chi connectivity index (χ1n) is 9.76. The average molecular weight is 393 g/mol. The van der Waals surface area contributed by atoms with Crippen molar-refractivity contribution < 1.29 is 19.1 Å². The molecule has 1 aromatic carbocycles. The van der Waals surface area contributed by atoms with Gasteiger partial charge in [0.15, 0.2) is 0 Å². The van der Waals surface area contributed by atoms with Crippen LogP contribution < -0.4 is 21.7 Å². The zero-order valence-electron chi connectivity index (χ0n) is 16.8. The molecule has 1 aromatic rings. The molecule has 3 amide bonds. The molecule has 0 aromatic heterocycles. The molecule has 0 heterocycles. The minimum atomic E-state index is -0.730. The van der Waals surface area contributed by atoms with Crippen molar-refractivity contribution in [1.29, 1.82) is 0 Å². The summed E-state index contributed by atoms with van der Waals surface area (Å²) in [5, 5.41) is 8.67. The van der Waals surface area contributed by atoms with Crippen molar-refractivity contribution in [3.05, 3.63) is 29.8 Å². The SMILES string of the molecule is CCCNc1ccc(C(=O)NCCCC[C@@H](NC(=O)COCC)C(N)=O)cc1. The molecule has 8 nitrogen and oxygen atoms in total. The fraction of sp³-hybridized carbons (Fsp3) is 0.550. The predicted molar refractivity (Wildman–Crippen MR) is 109 cm³/mol. The quantitative estimate of drug-likeness (QED) is 0.357. The number of nitrogens with one attached hydrogen (secondary N) is 3. The molecular weight excluding hydrogens is 360 g/mol. The van der Waals surface area contributed by atoms with Gasteiger partial charge in [-0.25, -0.2) is 0 Å². The van der Waals surface area contributed by atoms with Crippen molar-refractivity contribution in [2.75, 3.05) is 31.6 Å². The van der Waals surface area contributed by atoms with Crippen LogP contribution in [-0.4, -0.2) is 50.1 Å². The monoisotopic (exact) mass is 392 g/mol. The second-order valence-electron chi connectivity index (χ2n) is 6.42. The number of carbonyl (C=O) groups is 3. The van der Waals surface area contributed by atoms with Crippen LogP contribution >= 0.6 is 0 Å². The number of amides is 3. The van der Waals surface area contributed by atoms with E-state index < -0.39 is 11.9 Å². The van der Waals surface area contributed by atoms with E-state index in [9.17, 15) is 14.4 Å². The van der Waals surface area contributed by atoms with Gasteiger partial charge < -0.3 is 26.4 Å². The van der Waals surface area contributed by atoms with E-state index in [2.05, 4.69) is 22.9 Å². The number of ether oxygens (including phenoxy) is 1. The van der Waals surface area contributed by atoms with Gasteiger partial charge in [0.2, 0.25) is 11.8 Å². The van der Waals surface area contributed by atoms with E-state index in [4.69, 9.17) is 10.5 Å². The normalized spacial score (nSPS) is 11.5. The Morgan fingerprint density at radius 2 is 1.79 bits per heavy atom. The molecule has 0 unspecified atom stereocenters. The van der Waals surface area contributed by atoms with Crippen LogP contribution in [0.2, 0.25) is 0 Å². The number of anilines is 1. The molecule has 0 aliphatic heterocycles. The summed E-state index contributed by atoms with van der Waals surface area (Å²) in [7, 11) is 0. The molecule has 0 radical (unpaired) electrons. The zero-order valence-corrected chi connectivity index (χ0v) is 16.8. The predicted octanol–water partition coefficient (Wildman–Crippen LogP) is 1.42. The third kappa shape index (κ3) is 9.36. The van der Waals surface area contributed by atoms with Gasteiger partial charge in [-0.3, -0.25) is 14.4 Å². The van der Waals surface area contributed by atoms with E-state index in [1.54, 1.807) is 19.1 Å². The summed E-state index contributed by atoms with van der Waals surface area (Å²) in [4.78, 5) is 35.2. The number of rotatable bonds is 14. The van der Waals surface area contributed by atoms with E-state index in [1.807, 2.05) is 12.1 Å². The summed E-state index contributed by atoms with van der Waals surface area (Å²) in [6.07, 6.45) is 2.77. The highest BCUT2D eigenvalue weighted by atomic mass is 16.5. The largest absolute Gasteiger partial charge is 0.385 e. The van der Waals surface area contributed by atoms with Crippen molar-refractivity contribution in [3.63, 3.8) is 0 Å². The first-order valence-corrected chi connectivity index (χ1v) is 9.76. The lowest BCUT2D eigenvalue weighted by Gasteiger charge is -2.15. The molecule has 0 bridgehead atoms. The van der Waals surface area contributed by atoms with Crippen molar-refractivity contribution in [3.8, 4) is 0 Å². The third-order valence-electron chi connectivity index (χ3n) is 4.05. The summed E-state index contributed by atoms with van der Waals surface area (Å²) in [6.45, 7) is 5.58. The van der Waals surface area contributed by atoms with Gasteiger partial charge in [0, 0.05) is 30.9 Å². The van der Waals surface area contributed by atoms with Crippen molar-refractivity contribution >= 4 is 23.4 Å². The lowest BCUT2D eigenvalue weighted by molar-refractivity contribution is -0.130. The molecule has 0 spiro atoms. The smallest absolute Gasteiger partial charge is 0.251 e. The van der Waals surface area contributed by atoms with E-state index in [-0.39, 0.29) is 18.4 Å². The Hall–Kier alpha value is -2.61. The van der Waals surface area contributed by atoms with Crippen LogP contribution in [0.4, 0.5) is 5.69 Å². The molecule has 5 N–H and O–H groups in total. The van der Waals surface area contributed by atoms with E-state index in [1.165, 1.54) is 0 Å². The highest BCUT2D eigenvalue weighted by Gasteiger charge is 2.17. The maximum Gasteiger partial charge on any atom is 0.251 e. The average Bonchev–Trinajstić information content (AvgIpc) is 2.69. The Bertz CT molecular complexity index is 619. The first-order chi connectivity index (χ1) is 13.5. The number of benzene rings is 1. The lowest BCUT2D eigenvalue weighted by Crippen LogP contribution is -2.45. The standard InChI is InChI=1S/C20H32N4O4/c1-3-12-22-16-10-8-15(9-11-16)20(27)23-13-6-5-7-17(19(21)26)24-18(25)14-28-4-2/h8-11,17,22H,3-7,12-14H2,1-2H3,(H2,21,26)(H,23,27)(H,24,25)/t17-/m1/s1. The van der Waals surface area contributed by atoms with Crippen LogP contribution in [0.5, 0.6) is 0 Å². The van der Waals surface area contributed by atoms with Crippen LogP contribution in [0.15, 0.2) is 24.3 Å². The van der Waals surface area contributed by atoms with Gasteiger partial charge >= 0.3 is 0 Å². The van der Waals surface area contributed by atoms with Gasteiger partial charge in [0.05, 0.1) is 0 Å². The molecule has 1 atom stereocenters. The molecule has 0 saturated carbocycles. The summed E-state index contributed by atoms with van der Waals surface area (Å²) in [5.74, 6) is -1.08.